The van der Waals surface area contributed by atoms with Crippen LogP contribution in [0.4, 0.5) is 0 Å². The van der Waals surface area contributed by atoms with Crippen molar-refractivity contribution in [3.05, 3.63) is 24.5 Å². The average molecular weight is 280 g/mol. The van der Waals surface area contributed by atoms with Gasteiger partial charge in [-0.05, 0) is 31.8 Å². The number of unbranched alkanes of at least 4 members (excludes halogenated alkanes) is 7. The number of hydrogen-bond donors (Lipinski definition) is 1. The molecule has 0 spiro atoms. The first kappa shape index (κ1) is 17.3. The fourth-order valence-electron chi connectivity index (χ4n) is 2.65. The van der Waals surface area contributed by atoms with E-state index >= 15 is 0 Å². The lowest BCUT2D eigenvalue weighted by Crippen LogP contribution is -1.94. The normalized spacial score (nSPS) is 22.1. The zero-order chi connectivity index (χ0) is 14.5. The lowest BCUT2D eigenvalue weighted by atomic mass is 10.0. The van der Waals surface area contributed by atoms with Crippen molar-refractivity contribution < 1.29 is 9.84 Å². The van der Waals surface area contributed by atoms with Crippen molar-refractivity contribution in [1.82, 2.24) is 0 Å². The second-order valence-electron chi connectivity index (χ2n) is 5.82. The van der Waals surface area contributed by atoms with Gasteiger partial charge < -0.3 is 9.84 Å². The summed E-state index contributed by atoms with van der Waals surface area (Å²) in [6, 6.07) is 0. The van der Waals surface area contributed by atoms with E-state index in [0.717, 1.165) is 12.7 Å². The summed E-state index contributed by atoms with van der Waals surface area (Å²) < 4.78 is 5.73. The summed E-state index contributed by atoms with van der Waals surface area (Å²) in [6.45, 7) is 2.27. The van der Waals surface area contributed by atoms with E-state index in [0.29, 0.717) is 12.2 Å². The van der Waals surface area contributed by atoms with Gasteiger partial charge in [0.1, 0.15) is 0 Å². The zero-order valence-electron chi connectivity index (χ0n) is 13.1. The first-order valence-corrected chi connectivity index (χ1v) is 8.49. The van der Waals surface area contributed by atoms with Crippen LogP contribution >= 0.6 is 0 Å². The molecule has 20 heavy (non-hydrogen) atoms. The van der Waals surface area contributed by atoms with Crippen LogP contribution in [0.1, 0.15) is 77.6 Å². The molecule has 0 radical (unpaired) electrons. The minimum atomic E-state index is 0.562. The number of allylic oxidation sites excluding steroid dienone is 3. The van der Waals surface area contributed by atoms with Crippen LogP contribution in [0.3, 0.4) is 0 Å². The molecule has 116 valence electrons. The van der Waals surface area contributed by atoms with E-state index in [1.54, 1.807) is 6.08 Å². The van der Waals surface area contributed by atoms with Crippen LogP contribution < -0.4 is 0 Å². The Bertz CT molecular complexity index is 271. The molecule has 0 amide bonds. The van der Waals surface area contributed by atoms with Crippen LogP contribution in [0.2, 0.25) is 0 Å². The van der Waals surface area contributed by atoms with Gasteiger partial charge in [-0.1, -0.05) is 64.0 Å². The molecule has 0 aromatic rings. The number of epoxide rings is 1. The fraction of sp³-hybridized carbons (Fsp3) is 0.778. The molecule has 1 saturated heterocycles. The third kappa shape index (κ3) is 9.19. The second-order valence-corrected chi connectivity index (χ2v) is 5.82. The maximum atomic E-state index is 8.46. The van der Waals surface area contributed by atoms with Crippen LogP contribution in [0, 0.1) is 0 Å². The van der Waals surface area contributed by atoms with Gasteiger partial charge in [-0.25, -0.2) is 0 Å². The summed E-state index contributed by atoms with van der Waals surface area (Å²) in [5.74, 6) is 0. The van der Waals surface area contributed by atoms with Gasteiger partial charge in [0.2, 0.25) is 0 Å². The van der Waals surface area contributed by atoms with Crippen molar-refractivity contribution in [2.24, 2.45) is 0 Å². The van der Waals surface area contributed by atoms with Gasteiger partial charge >= 0.3 is 0 Å². The number of rotatable bonds is 13. The molecule has 0 bridgehead atoms. The Balaban J connectivity index is 1.81. The highest BCUT2D eigenvalue weighted by molar-refractivity contribution is 4.98. The van der Waals surface area contributed by atoms with E-state index < -0.39 is 0 Å². The molecule has 0 unspecified atom stereocenters. The molecule has 0 aliphatic carbocycles. The lowest BCUT2D eigenvalue weighted by molar-refractivity contribution is 0.348. The molecule has 1 rings (SSSR count). The highest BCUT2D eigenvalue weighted by Crippen LogP contribution is 2.31. The van der Waals surface area contributed by atoms with Gasteiger partial charge in [-0.2, -0.15) is 0 Å². The SMILES string of the molecule is CCCCCCCC[C@H]1O[C@H]1CCCC/C=C\C=CO. The molecule has 0 aromatic heterocycles. The Labute approximate surface area is 124 Å². The second kappa shape index (κ2) is 12.0. The minimum absolute atomic E-state index is 0.562. The molecule has 0 aromatic carbocycles. The summed E-state index contributed by atoms with van der Waals surface area (Å²) in [6.07, 6.45) is 22.2. The van der Waals surface area contributed by atoms with E-state index in [4.69, 9.17) is 9.84 Å². The van der Waals surface area contributed by atoms with Crippen molar-refractivity contribution in [3.63, 3.8) is 0 Å². The quantitative estimate of drug-likeness (QED) is 0.203. The van der Waals surface area contributed by atoms with Crippen molar-refractivity contribution >= 4 is 0 Å². The molecule has 1 fully saturated rings. The van der Waals surface area contributed by atoms with E-state index in [1.807, 2.05) is 6.08 Å². The largest absolute Gasteiger partial charge is 0.516 e. The Morgan fingerprint density at radius 2 is 1.50 bits per heavy atom. The fourth-order valence-corrected chi connectivity index (χ4v) is 2.65. The summed E-state index contributed by atoms with van der Waals surface area (Å²) >= 11 is 0. The Hall–Kier alpha value is -0.760. The van der Waals surface area contributed by atoms with Gasteiger partial charge in [0.15, 0.2) is 0 Å². The average Bonchev–Trinajstić information content (AvgIpc) is 3.20. The number of aliphatic hydroxyl groups excluding tert-OH is 1. The molecule has 1 aliphatic rings. The summed E-state index contributed by atoms with van der Waals surface area (Å²) in [5, 5.41) is 8.46. The predicted octanol–water partition coefficient (Wildman–Crippen LogP) is 5.69. The smallest absolute Gasteiger partial charge is 0.0841 e. The summed E-state index contributed by atoms with van der Waals surface area (Å²) in [5.41, 5.74) is 0. The van der Waals surface area contributed by atoms with Gasteiger partial charge in [-0.3, -0.25) is 0 Å². The standard InChI is InChI=1S/C18H32O2/c1-2-3-4-5-8-11-14-17-18(20-17)15-12-9-6-7-10-13-16-19/h7,10,13,16-19H,2-6,8-9,11-12,14-15H2,1H3/b10-7-,16-13?/t17-,18+/m1/s1. The van der Waals surface area contributed by atoms with Crippen molar-refractivity contribution in [1.29, 1.82) is 0 Å². The molecule has 1 aliphatic heterocycles. The van der Waals surface area contributed by atoms with Gasteiger partial charge in [0.25, 0.3) is 0 Å². The number of hydrogen-bond acceptors (Lipinski definition) is 2. The molecular weight excluding hydrogens is 248 g/mol. The maximum absolute atomic E-state index is 8.46. The molecule has 1 N–H and O–H groups in total. The maximum Gasteiger partial charge on any atom is 0.0841 e. The zero-order valence-corrected chi connectivity index (χ0v) is 13.1. The molecule has 1 heterocycles. The highest BCUT2D eigenvalue weighted by Gasteiger charge is 2.36. The van der Waals surface area contributed by atoms with Crippen molar-refractivity contribution in [3.8, 4) is 0 Å². The Morgan fingerprint density at radius 3 is 2.20 bits per heavy atom. The first-order chi connectivity index (χ1) is 9.88. The first-order valence-electron chi connectivity index (χ1n) is 8.49. The minimum Gasteiger partial charge on any atom is -0.516 e. The molecular formula is C18H32O2. The van der Waals surface area contributed by atoms with E-state index in [-0.39, 0.29) is 0 Å². The van der Waals surface area contributed by atoms with Crippen LogP contribution in [0.5, 0.6) is 0 Å². The van der Waals surface area contributed by atoms with Gasteiger partial charge in [0, 0.05) is 0 Å². The predicted molar refractivity (Wildman–Crippen MR) is 86.0 cm³/mol. The van der Waals surface area contributed by atoms with Crippen molar-refractivity contribution in [2.45, 2.75) is 89.8 Å². The van der Waals surface area contributed by atoms with Crippen LogP contribution in [-0.4, -0.2) is 17.3 Å². The van der Waals surface area contributed by atoms with Gasteiger partial charge in [-0.15, -0.1) is 0 Å². The monoisotopic (exact) mass is 280 g/mol. The molecule has 2 heteroatoms. The van der Waals surface area contributed by atoms with Crippen LogP contribution in [0.25, 0.3) is 0 Å². The lowest BCUT2D eigenvalue weighted by Gasteiger charge is -1.99. The van der Waals surface area contributed by atoms with Crippen LogP contribution in [-0.2, 0) is 4.74 Å². The Kier molecular flexibility index (Phi) is 10.4. The topological polar surface area (TPSA) is 32.8 Å². The third-order valence-corrected chi connectivity index (χ3v) is 3.97. The molecule has 0 saturated carbocycles. The van der Waals surface area contributed by atoms with Crippen LogP contribution in [0.15, 0.2) is 24.5 Å². The third-order valence-electron chi connectivity index (χ3n) is 3.97. The van der Waals surface area contributed by atoms with E-state index in [9.17, 15) is 0 Å². The highest BCUT2D eigenvalue weighted by atomic mass is 16.6. The number of ether oxygens (including phenoxy) is 1. The van der Waals surface area contributed by atoms with Gasteiger partial charge in [0.05, 0.1) is 18.5 Å². The van der Waals surface area contributed by atoms with Crippen molar-refractivity contribution in [2.75, 3.05) is 0 Å². The number of aliphatic hydroxyl groups is 1. The summed E-state index contributed by atoms with van der Waals surface area (Å²) in [7, 11) is 0. The molecule has 2 nitrogen and oxygen atoms in total. The van der Waals surface area contributed by atoms with E-state index in [1.165, 1.54) is 64.2 Å². The van der Waals surface area contributed by atoms with E-state index in [2.05, 4.69) is 13.0 Å². The Morgan fingerprint density at radius 1 is 0.850 bits per heavy atom. The molecule has 2 atom stereocenters. The summed E-state index contributed by atoms with van der Waals surface area (Å²) in [4.78, 5) is 0.